The molecule has 0 unspecified atom stereocenters. The molecule has 0 saturated carbocycles. The van der Waals surface area contributed by atoms with Crippen LogP contribution in [0.3, 0.4) is 0 Å². The number of thiazole rings is 1. The zero-order valence-electron chi connectivity index (χ0n) is 14.8. The Kier molecular flexibility index (Phi) is 5.34. The number of nitrogens with zero attached hydrogens (tertiary/aromatic N) is 1. The molecule has 1 aliphatic heterocycles. The molecule has 27 heavy (non-hydrogen) atoms. The van der Waals surface area contributed by atoms with Gasteiger partial charge < -0.3 is 14.8 Å². The lowest BCUT2D eigenvalue weighted by atomic mass is 10.1. The average molecular weight is 380 g/mol. The van der Waals surface area contributed by atoms with Crippen molar-refractivity contribution in [2.45, 2.75) is 19.3 Å². The first-order valence-corrected chi connectivity index (χ1v) is 9.81. The lowest BCUT2D eigenvalue weighted by Gasteiger charge is -2.05. The monoisotopic (exact) mass is 380 g/mol. The second kappa shape index (κ2) is 8.22. The summed E-state index contributed by atoms with van der Waals surface area (Å²) in [6.45, 7) is 0.879. The summed E-state index contributed by atoms with van der Waals surface area (Å²) in [5, 5.41) is 6.00. The zero-order valence-corrected chi connectivity index (χ0v) is 15.6. The van der Waals surface area contributed by atoms with Crippen LogP contribution < -0.4 is 14.8 Å². The fourth-order valence-electron chi connectivity index (χ4n) is 2.92. The minimum atomic E-state index is 0.0483. The second-order valence-electron chi connectivity index (χ2n) is 6.28. The lowest BCUT2D eigenvalue weighted by Crippen LogP contribution is -2.25. The molecule has 2 heterocycles. The molecule has 1 aromatic heterocycles. The minimum Gasteiger partial charge on any atom is -0.454 e. The van der Waals surface area contributed by atoms with Gasteiger partial charge in [-0.05, 0) is 24.1 Å². The smallest absolute Gasteiger partial charge is 0.231 e. The van der Waals surface area contributed by atoms with Gasteiger partial charge >= 0.3 is 0 Å². The van der Waals surface area contributed by atoms with Crippen LogP contribution in [0.25, 0.3) is 11.3 Å². The molecule has 0 bridgehead atoms. The summed E-state index contributed by atoms with van der Waals surface area (Å²) in [5.41, 5.74) is 3.19. The largest absolute Gasteiger partial charge is 0.454 e. The first-order valence-electron chi connectivity index (χ1n) is 8.93. The van der Waals surface area contributed by atoms with Gasteiger partial charge in [0.1, 0.15) is 0 Å². The zero-order chi connectivity index (χ0) is 18.5. The number of benzene rings is 2. The SMILES string of the molecule is O=C(CCc1nc(-c2ccccc2)cs1)NCCc1ccc2c(c1)OCO2. The van der Waals surface area contributed by atoms with Crippen molar-refractivity contribution in [2.24, 2.45) is 0 Å². The molecule has 4 rings (SSSR count). The molecule has 1 amide bonds. The van der Waals surface area contributed by atoms with Gasteiger partial charge in [-0.25, -0.2) is 4.98 Å². The van der Waals surface area contributed by atoms with Crippen LogP contribution in [-0.4, -0.2) is 24.2 Å². The van der Waals surface area contributed by atoms with Crippen molar-refractivity contribution in [1.82, 2.24) is 10.3 Å². The van der Waals surface area contributed by atoms with E-state index in [4.69, 9.17) is 9.47 Å². The van der Waals surface area contributed by atoms with Crippen molar-refractivity contribution in [3.8, 4) is 22.8 Å². The maximum atomic E-state index is 12.1. The molecule has 2 aromatic carbocycles. The van der Waals surface area contributed by atoms with Crippen molar-refractivity contribution in [3.63, 3.8) is 0 Å². The number of aromatic nitrogens is 1. The number of fused-ring (bicyclic) bond motifs is 1. The quantitative estimate of drug-likeness (QED) is 0.677. The number of hydrogen-bond donors (Lipinski definition) is 1. The maximum absolute atomic E-state index is 12.1. The van der Waals surface area contributed by atoms with Crippen LogP contribution in [0.15, 0.2) is 53.9 Å². The van der Waals surface area contributed by atoms with Gasteiger partial charge in [0.2, 0.25) is 12.7 Å². The van der Waals surface area contributed by atoms with E-state index in [0.29, 0.717) is 19.4 Å². The maximum Gasteiger partial charge on any atom is 0.231 e. The van der Waals surface area contributed by atoms with Gasteiger partial charge in [-0.3, -0.25) is 4.79 Å². The number of ether oxygens (including phenoxy) is 2. The Morgan fingerprint density at radius 3 is 2.81 bits per heavy atom. The van der Waals surface area contributed by atoms with E-state index in [2.05, 4.69) is 10.3 Å². The van der Waals surface area contributed by atoms with E-state index in [0.717, 1.165) is 39.7 Å². The van der Waals surface area contributed by atoms with Crippen molar-refractivity contribution in [2.75, 3.05) is 13.3 Å². The Bertz CT molecular complexity index is 924. The Morgan fingerprint density at radius 1 is 1.07 bits per heavy atom. The number of hydrogen-bond acceptors (Lipinski definition) is 5. The fourth-order valence-corrected chi connectivity index (χ4v) is 3.73. The van der Waals surface area contributed by atoms with Gasteiger partial charge in [-0.2, -0.15) is 0 Å². The molecule has 1 aliphatic rings. The number of carbonyl (C=O) groups excluding carboxylic acids is 1. The standard InChI is InChI=1S/C21H20N2O3S/c24-20(22-11-10-15-6-7-18-19(12-15)26-14-25-18)8-9-21-23-17(13-27-21)16-4-2-1-3-5-16/h1-7,12-13H,8-11,14H2,(H,22,24). The highest BCUT2D eigenvalue weighted by molar-refractivity contribution is 7.09. The Labute approximate surface area is 162 Å². The van der Waals surface area contributed by atoms with E-state index in [1.165, 1.54) is 0 Å². The summed E-state index contributed by atoms with van der Waals surface area (Å²) in [6, 6.07) is 16.0. The molecular formula is C21H20N2O3S. The highest BCUT2D eigenvalue weighted by Crippen LogP contribution is 2.32. The molecule has 138 valence electrons. The van der Waals surface area contributed by atoms with Crippen molar-refractivity contribution < 1.29 is 14.3 Å². The van der Waals surface area contributed by atoms with E-state index in [1.54, 1.807) is 11.3 Å². The predicted octanol–water partition coefficient (Wildman–Crippen LogP) is 3.83. The van der Waals surface area contributed by atoms with Gasteiger partial charge in [0.05, 0.1) is 10.7 Å². The highest BCUT2D eigenvalue weighted by atomic mass is 32.1. The summed E-state index contributed by atoms with van der Waals surface area (Å²) in [6.07, 6.45) is 1.87. The van der Waals surface area contributed by atoms with Gasteiger partial charge in [-0.1, -0.05) is 36.4 Å². The Hall–Kier alpha value is -2.86. The normalized spacial score (nSPS) is 12.1. The first kappa shape index (κ1) is 17.5. The topological polar surface area (TPSA) is 60.5 Å². The van der Waals surface area contributed by atoms with Crippen molar-refractivity contribution in [3.05, 3.63) is 64.5 Å². The minimum absolute atomic E-state index is 0.0483. The van der Waals surface area contributed by atoms with Crippen LogP contribution in [0.2, 0.25) is 0 Å². The second-order valence-corrected chi connectivity index (χ2v) is 7.22. The van der Waals surface area contributed by atoms with E-state index < -0.39 is 0 Å². The molecule has 6 heteroatoms. The molecule has 0 fully saturated rings. The highest BCUT2D eigenvalue weighted by Gasteiger charge is 2.13. The summed E-state index contributed by atoms with van der Waals surface area (Å²) < 4.78 is 10.7. The van der Waals surface area contributed by atoms with Gasteiger partial charge in [0.15, 0.2) is 11.5 Å². The molecule has 1 N–H and O–H groups in total. The van der Waals surface area contributed by atoms with Crippen molar-refractivity contribution >= 4 is 17.2 Å². The molecule has 0 atom stereocenters. The number of rotatable bonds is 7. The van der Waals surface area contributed by atoms with Crippen LogP contribution in [-0.2, 0) is 17.6 Å². The Balaban J connectivity index is 1.22. The van der Waals surface area contributed by atoms with Gasteiger partial charge in [-0.15, -0.1) is 11.3 Å². The molecule has 0 spiro atoms. The summed E-state index contributed by atoms with van der Waals surface area (Å²) in [7, 11) is 0. The first-order chi connectivity index (χ1) is 13.3. The van der Waals surface area contributed by atoms with Crippen LogP contribution in [0, 0.1) is 0 Å². The van der Waals surface area contributed by atoms with E-state index >= 15 is 0 Å². The third kappa shape index (κ3) is 4.46. The van der Waals surface area contributed by atoms with Crippen LogP contribution in [0.1, 0.15) is 17.0 Å². The third-order valence-electron chi connectivity index (χ3n) is 4.36. The molecule has 0 radical (unpaired) electrons. The van der Waals surface area contributed by atoms with Gasteiger partial charge in [0.25, 0.3) is 0 Å². The predicted molar refractivity (Wildman–Crippen MR) is 105 cm³/mol. The van der Waals surface area contributed by atoms with Crippen LogP contribution >= 0.6 is 11.3 Å². The third-order valence-corrected chi connectivity index (χ3v) is 5.27. The van der Waals surface area contributed by atoms with E-state index in [-0.39, 0.29) is 12.7 Å². The summed E-state index contributed by atoms with van der Waals surface area (Å²) in [4.78, 5) is 16.7. The van der Waals surface area contributed by atoms with Crippen LogP contribution in [0.5, 0.6) is 11.5 Å². The fraction of sp³-hybridized carbons (Fsp3) is 0.238. The molecule has 3 aromatic rings. The summed E-state index contributed by atoms with van der Waals surface area (Å²) >= 11 is 1.60. The van der Waals surface area contributed by atoms with Crippen LogP contribution in [0.4, 0.5) is 0 Å². The number of carbonyl (C=O) groups is 1. The molecule has 0 aliphatic carbocycles. The molecule has 5 nitrogen and oxygen atoms in total. The Morgan fingerprint density at radius 2 is 1.93 bits per heavy atom. The van der Waals surface area contributed by atoms with E-state index in [9.17, 15) is 4.79 Å². The molecular weight excluding hydrogens is 360 g/mol. The number of nitrogens with one attached hydrogen (secondary N) is 1. The van der Waals surface area contributed by atoms with E-state index in [1.807, 2.05) is 53.9 Å². The molecule has 0 saturated heterocycles. The van der Waals surface area contributed by atoms with Gasteiger partial charge in [0, 0.05) is 30.3 Å². The summed E-state index contributed by atoms with van der Waals surface area (Å²) in [5.74, 6) is 1.60. The van der Waals surface area contributed by atoms with Crippen molar-refractivity contribution in [1.29, 1.82) is 0 Å². The number of amides is 1. The number of aryl methyl sites for hydroxylation is 1. The average Bonchev–Trinajstić information content (AvgIpc) is 3.36. The lowest BCUT2D eigenvalue weighted by molar-refractivity contribution is -0.121.